The standard InChI is InChI=1S/C16H18FNO3/c1-16(7-9-21-11-16)18-15(20)14-6-5-13(17)10-12(14)4-2-3-8-19/h5-6,10,19H,3,7-9,11H2,1H3,(H,18,20). The molecule has 1 amide bonds. The summed E-state index contributed by atoms with van der Waals surface area (Å²) in [5.74, 6) is 4.69. The van der Waals surface area contributed by atoms with Crippen molar-refractivity contribution >= 4 is 5.91 Å². The summed E-state index contributed by atoms with van der Waals surface area (Å²) in [7, 11) is 0. The van der Waals surface area contributed by atoms with Gasteiger partial charge in [0.15, 0.2) is 0 Å². The zero-order chi connectivity index (χ0) is 15.3. The number of amides is 1. The predicted octanol–water partition coefficient (Wildman–Crippen LogP) is 1.47. The molecule has 1 heterocycles. The second kappa shape index (κ2) is 6.70. The van der Waals surface area contributed by atoms with Crippen molar-refractivity contribution in [1.82, 2.24) is 5.32 Å². The average molecular weight is 291 g/mol. The molecule has 4 nitrogen and oxygen atoms in total. The highest BCUT2D eigenvalue weighted by Crippen LogP contribution is 2.19. The Kier molecular flexibility index (Phi) is 4.94. The zero-order valence-corrected chi connectivity index (χ0v) is 11.9. The van der Waals surface area contributed by atoms with Crippen molar-refractivity contribution < 1.29 is 19.0 Å². The van der Waals surface area contributed by atoms with Crippen LogP contribution in [0, 0.1) is 17.7 Å². The molecule has 0 spiro atoms. The fourth-order valence-corrected chi connectivity index (χ4v) is 2.14. The van der Waals surface area contributed by atoms with Crippen molar-refractivity contribution in [2.24, 2.45) is 0 Å². The smallest absolute Gasteiger partial charge is 0.253 e. The zero-order valence-electron chi connectivity index (χ0n) is 11.9. The van der Waals surface area contributed by atoms with Gasteiger partial charge >= 0.3 is 0 Å². The van der Waals surface area contributed by atoms with E-state index in [1.54, 1.807) is 0 Å². The number of benzene rings is 1. The van der Waals surface area contributed by atoms with E-state index in [1.165, 1.54) is 18.2 Å². The van der Waals surface area contributed by atoms with Gasteiger partial charge in [0.25, 0.3) is 5.91 Å². The van der Waals surface area contributed by atoms with Crippen LogP contribution in [0.4, 0.5) is 4.39 Å². The Balaban J connectivity index is 2.22. The number of carbonyl (C=O) groups is 1. The average Bonchev–Trinajstić information content (AvgIpc) is 2.85. The van der Waals surface area contributed by atoms with Crippen LogP contribution < -0.4 is 5.32 Å². The maximum atomic E-state index is 13.3. The van der Waals surface area contributed by atoms with E-state index in [-0.39, 0.29) is 18.9 Å². The molecule has 0 saturated carbocycles. The molecule has 2 N–H and O–H groups in total. The number of nitrogens with one attached hydrogen (secondary N) is 1. The molecule has 1 saturated heterocycles. The summed E-state index contributed by atoms with van der Waals surface area (Å²) >= 11 is 0. The first kappa shape index (κ1) is 15.5. The van der Waals surface area contributed by atoms with Crippen molar-refractivity contribution in [1.29, 1.82) is 0 Å². The molecule has 1 fully saturated rings. The van der Waals surface area contributed by atoms with Crippen molar-refractivity contribution in [3.63, 3.8) is 0 Å². The number of ether oxygens (including phenoxy) is 1. The van der Waals surface area contributed by atoms with E-state index in [2.05, 4.69) is 17.2 Å². The summed E-state index contributed by atoms with van der Waals surface area (Å²) in [5.41, 5.74) is 0.250. The number of aliphatic hydroxyl groups excluding tert-OH is 1. The van der Waals surface area contributed by atoms with Crippen LogP contribution in [-0.2, 0) is 4.74 Å². The molecule has 5 heteroatoms. The molecule has 2 rings (SSSR count). The molecule has 112 valence electrons. The van der Waals surface area contributed by atoms with Crippen LogP contribution in [-0.4, -0.2) is 36.4 Å². The highest BCUT2D eigenvalue weighted by atomic mass is 19.1. The van der Waals surface area contributed by atoms with Crippen LogP contribution in [0.1, 0.15) is 35.7 Å². The number of hydrogen-bond donors (Lipinski definition) is 2. The molecule has 0 aliphatic carbocycles. The van der Waals surface area contributed by atoms with Crippen molar-refractivity contribution in [2.45, 2.75) is 25.3 Å². The van der Waals surface area contributed by atoms with Crippen LogP contribution in [0.2, 0.25) is 0 Å². The lowest BCUT2D eigenvalue weighted by Crippen LogP contribution is -2.46. The number of hydrogen-bond acceptors (Lipinski definition) is 3. The first-order valence-corrected chi connectivity index (χ1v) is 6.84. The van der Waals surface area contributed by atoms with Crippen LogP contribution in [0.25, 0.3) is 0 Å². The van der Waals surface area contributed by atoms with Gasteiger partial charge in [0.05, 0.1) is 24.3 Å². The first-order chi connectivity index (χ1) is 10.0. The molecule has 0 radical (unpaired) electrons. The molecule has 1 aromatic carbocycles. The fourth-order valence-electron chi connectivity index (χ4n) is 2.14. The van der Waals surface area contributed by atoms with Gasteiger partial charge in [-0.1, -0.05) is 11.8 Å². The Morgan fingerprint density at radius 3 is 3.05 bits per heavy atom. The second-order valence-electron chi connectivity index (χ2n) is 5.28. The third-order valence-electron chi connectivity index (χ3n) is 3.32. The number of halogens is 1. The molecule has 1 aliphatic rings. The molecule has 1 aliphatic heterocycles. The summed E-state index contributed by atoms with van der Waals surface area (Å²) in [4.78, 5) is 12.4. The lowest BCUT2D eigenvalue weighted by atomic mass is 10.00. The van der Waals surface area contributed by atoms with E-state index in [4.69, 9.17) is 9.84 Å². The molecular formula is C16H18FNO3. The van der Waals surface area contributed by atoms with Crippen molar-refractivity contribution in [2.75, 3.05) is 19.8 Å². The highest BCUT2D eigenvalue weighted by molar-refractivity contribution is 5.97. The van der Waals surface area contributed by atoms with Gasteiger partial charge in [0, 0.05) is 18.6 Å². The lowest BCUT2D eigenvalue weighted by Gasteiger charge is -2.23. The Hall–Kier alpha value is -1.90. The summed E-state index contributed by atoms with van der Waals surface area (Å²) in [6.45, 7) is 2.92. The SMILES string of the molecule is CC1(NC(=O)c2ccc(F)cc2C#CCCO)CCOC1. The van der Waals surface area contributed by atoms with Gasteiger partial charge in [0.2, 0.25) is 0 Å². The van der Waals surface area contributed by atoms with Crippen molar-refractivity contribution in [3.8, 4) is 11.8 Å². The van der Waals surface area contributed by atoms with Gasteiger partial charge in [-0.05, 0) is 31.5 Å². The lowest BCUT2D eigenvalue weighted by molar-refractivity contribution is 0.0889. The Morgan fingerprint density at radius 1 is 1.57 bits per heavy atom. The minimum Gasteiger partial charge on any atom is -0.395 e. The van der Waals surface area contributed by atoms with E-state index >= 15 is 0 Å². The molecule has 21 heavy (non-hydrogen) atoms. The third kappa shape index (κ3) is 4.03. The van der Waals surface area contributed by atoms with Crippen LogP contribution in [0.15, 0.2) is 18.2 Å². The summed E-state index contributed by atoms with van der Waals surface area (Å²) in [5, 5.41) is 11.6. The van der Waals surface area contributed by atoms with Gasteiger partial charge in [-0.15, -0.1) is 0 Å². The van der Waals surface area contributed by atoms with E-state index in [1.807, 2.05) is 6.92 Å². The first-order valence-electron chi connectivity index (χ1n) is 6.84. The number of carbonyl (C=O) groups excluding carboxylic acids is 1. The van der Waals surface area contributed by atoms with Crippen LogP contribution in [0.5, 0.6) is 0 Å². The Labute approximate surface area is 123 Å². The van der Waals surface area contributed by atoms with E-state index in [0.717, 1.165) is 6.42 Å². The highest BCUT2D eigenvalue weighted by Gasteiger charge is 2.31. The van der Waals surface area contributed by atoms with E-state index in [9.17, 15) is 9.18 Å². The third-order valence-corrected chi connectivity index (χ3v) is 3.32. The van der Waals surface area contributed by atoms with E-state index < -0.39 is 11.4 Å². The molecule has 0 aromatic heterocycles. The minimum atomic E-state index is -0.449. The summed E-state index contributed by atoms with van der Waals surface area (Å²) < 4.78 is 18.6. The quantitative estimate of drug-likeness (QED) is 0.829. The molecular weight excluding hydrogens is 273 g/mol. The van der Waals surface area contributed by atoms with Crippen LogP contribution in [0.3, 0.4) is 0 Å². The van der Waals surface area contributed by atoms with Crippen LogP contribution >= 0.6 is 0 Å². The maximum absolute atomic E-state index is 13.3. The number of aliphatic hydroxyl groups is 1. The number of rotatable bonds is 3. The van der Waals surface area contributed by atoms with Gasteiger partial charge in [-0.3, -0.25) is 4.79 Å². The molecule has 0 bridgehead atoms. The topological polar surface area (TPSA) is 58.6 Å². The normalized spacial score (nSPS) is 20.7. The van der Waals surface area contributed by atoms with Gasteiger partial charge in [-0.2, -0.15) is 0 Å². The monoisotopic (exact) mass is 291 g/mol. The molecule has 1 aromatic rings. The Bertz CT molecular complexity index is 583. The second-order valence-corrected chi connectivity index (χ2v) is 5.28. The van der Waals surface area contributed by atoms with E-state index in [0.29, 0.717) is 24.3 Å². The maximum Gasteiger partial charge on any atom is 0.253 e. The predicted molar refractivity (Wildman–Crippen MR) is 76.3 cm³/mol. The fraction of sp³-hybridized carbons (Fsp3) is 0.438. The summed E-state index contributed by atoms with van der Waals surface area (Å²) in [6, 6.07) is 3.89. The molecule has 1 unspecified atom stereocenters. The van der Waals surface area contributed by atoms with Gasteiger partial charge < -0.3 is 15.2 Å². The summed E-state index contributed by atoms with van der Waals surface area (Å²) in [6.07, 6.45) is 1.02. The van der Waals surface area contributed by atoms with Crippen molar-refractivity contribution in [3.05, 3.63) is 35.1 Å². The largest absolute Gasteiger partial charge is 0.395 e. The Morgan fingerprint density at radius 2 is 2.38 bits per heavy atom. The minimum absolute atomic E-state index is 0.0702. The van der Waals surface area contributed by atoms with Gasteiger partial charge in [-0.25, -0.2) is 4.39 Å². The van der Waals surface area contributed by atoms with Gasteiger partial charge in [0.1, 0.15) is 5.82 Å². The molecule has 1 atom stereocenters.